The minimum atomic E-state index is -3.95. The number of benzene rings is 3. The van der Waals surface area contributed by atoms with Gasteiger partial charge < -0.3 is 0 Å². The molecule has 0 amide bonds. The van der Waals surface area contributed by atoms with E-state index in [0.29, 0.717) is 11.3 Å². The van der Waals surface area contributed by atoms with Gasteiger partial charge >= 0.3 is 0 Å². The smallest absolute Gasteiger partial charge is 0.265 e. The monoisotopic (exact) mass is 393 g/mol. The molecule has 0 aliphatic heterocycles. The van der Waals surface area contributed by atoms with Crippen LogP contribution in [0.2, 0.25) is 0 Å². The van der Waals surface area contributed by atoms with Crippen molar-refractivity contribution >= 4 is 15.7 Å². The average Bonchev–Trinajstić information content (AvgIpc) is 3.18. The summed E-state index contributed by atoms with van der Waals surface area (Å²) in [6.07, 6.45) is 1.48. The molecule has 4 aromatic rings. The van der Waals surface area contributed by atoms with E-state index in [2.05, 4.69) is 9.82 Å². The fourth-order valence-corrected chi connectivity index (χ4v) is 4.00. The van der Waals surface area contributed by atoms with Gasteiger partial charge in [-0.15, -0.1) is 0 Å². The van der Waals surface area contributed by atoms with E-state index in [0.717, 1.165) is 5.69 Å². The van der Waals surface area contributed by atoms with Crippen molar-refractivity contribution in [2.45, 2.75) is 4.90 Å². The maximum absolute atomic E-state index is 13.1. The highest BCUT2D eigenvalue weighted by Gasteiger charge is 2.24. The second kappa shape index (κ2) is 7.28. The van der Waals surface area contributed by atoms with Crippen LogP contribution in [0.3, 0.4) is 0 Å². The lowest BCUT2D eigenvalue weighted by Crippen LogP contribution is -2.13. The topological polar surface area (TPSA) is 64.0 Å². The summed E-state index contributed by atoms with van der Waals surface area (Å²) in [5.41, 5.74) is 2.02. The van der Waals surface area contributed by atoms with E-state index in [-0.39, 0.29) is 10.6 Å². The second-order valence-corrected chi connectivity index (χ2v) is 7.75. The molecular weight excluding hydrogens is 377 g/mol. The Kier molecular flexibility index (Phi) is 4.67. The van der Waals surface area contributed by atoms with Crippen LogP contribution < -0.4 is 4.72 Å². The van der Waals surface area contributed by atoms with Crippen LogP contribution in [0.5, 0.6) is 0 Å². The molecule has 1 aromatic heterocycles. The summed E-state index contributed by atoms with van der Waals surface area (Å²) < 4.78 is 43.3. The molecule has 0 aliphatic carbocycles. The van der Waals surface area contributed by atoms with Crippen LogP contribution in [0.15, 0.2) is 96.0 Å². The fourth-order valence-electron chi connectivity index (χ4n) is 2.79. The number of sulfonamides is 1. The van der Waals surface area contributed by atoms with E-state index in [1.807, 2.05) is 48.5 Å². The van der Waals surface area contributed by atoms with Crippen molar-refractivity contribution in [1.82, 2.24) is 9.78 Å². The zero-order valence-corrected chi connectivity index (χ0v) is 15.5. The highest BCUT2D eigenvalue weighted by Crippen LogP contribution is 2.28. The molecule has 7 heteroatoms. The molecule has 0 fully saturated rings. The Morgan fingerprint density at radius 1 is 0.821 bits per heavy atom. The van der Waals surface area contributed by atoms with Crippen molar-refractivity contribution in [3.05, 3.63) is 96.9 Å². The summed E-state index contributed by atoms with van der Waals surface area (Å²) in [5, 5.41) is 4.51. The summed E-state index contributed by atoms with van der Waals surface area (Å²) in [6, 6.07) is 23.5. The van der Waals surface area contributed by atoms with E-state index < -0.39 is 15.8 Å². The number of hydrogen-bond acceptors (Lipinski definition) is 3. The largest absolute Gasteiger partial charge is 0.280 e. The van der Waals surface area contributed by atoms with Gasteiger partial charge in [-0.05, 0) is 36.4 Å². The van der Waals surface area contributed by atoms with Crippen LogP contribution in [0, 0.1) is 5.82 Å². The van der Waals surface area contributed by atoms with Gasteiger partial charge in [0.15, 0.2) is 0 Å². The molecule has 4 rings (SSSR count). The minimum absolute atomic E-state index is 0.0341. The Bertz CT molecular complexity index is 1190. The molecule has 0 aliphatic rings. The minimum Gasteiger partial charge on any atom is -0.280 e. The van der Waals surface area contributed by atoms with Gasteiger partial charge in [0, 0.05) is 11.3 Å². The molecule has 0 saturated carbocycles. The van der Waals surface area contributed by atoms with Crippen LogP contribution in [0.1, 0.15) is 0 Å². The van der Waals surface area contributed by atoms with E-state index in [9.17, 15) is 12.8 Å². The van der Waals surface area contributed by atoms with Gasteiger partial charge in [-0.2, -0.15) is 5.10 Å². The van der Waals surface area contributed by atoms with Gasteiger partial charge in [0.05, 0.1) is 11.9 Å². The summed E-state index contributed by atoms with van der Waals surface area (Å²) >= 11 is 0. The third kappa shape index (κ3) is 3.65. The summed E-state index contributed by atoms with van der Waals surface area (Å²) in [6.45, 7) is 0. The predicted molar refractivity (Wildman–Crippen MR) is 106 cm³/mol. The number of para-hydroxylation sites is 1. The molecule has 0 atom stereocenters. The number of nitrogens with zero attached hydrogens (tertiary/aromatic N) is 2. The van der Waals surface area contributed by atoms with Crippen molar-refractivity contribution in [2.24, 2.45) is 0 Å². The second-order valence-electron chi connectivity index (χ2n) is 6.10. The van der Waals surface area contributed by atoms with E-state index in [4.69, 9.17) is 0 Å². The number of rotatable bonds is 5. The van der Waals surface area contributed by atoms with Crippen molar-refractivity contribution in [2.75, 3.05) is 4.72 Å². The van der Waals surface area contributed by atoms with Crippen molar-refractivity contribution in [1.29, 1.82) is 0 Å². The molecule has 1 N–H and O–H groups in total. The Labute approximate surface area is 162 Å². The summed E-state index contributed by atoms with van der Waals surface area (Å²) in [7, 11) is -3.95. The number of aromatic nitrogens is 2. The lowest BCUT2D eigenvalue weighted by molar-refractivity contribution is 0.601. The van der Waals surface area contributed by atoms with Gasteiger partial charge in [0.1, 0.15) is 16.4 Å². The zero-order chi connectivity index (χ0) is 19.6. The van der Waals surface area contributed by atoms with Crippen molar-refractivity contribution in [3.63, 3.8) is 0 Å². The lowest BCUT2D eigenvalue weighted by atomic mass is 10.2. The molecular formula is C21H16FN3O2S. The van der Waals surface area contributed by atoms with E-state index in [1.165, 1.54) is 35.1 Å². The maximum atomic E-state index is 13.1. The van der Waals surface area contributed by atoms with E-state index >= 15 is 0 Å². The van der Waals surface area contributed by atoms with Crippen LogP contribution in [0.4, 0.5) is 10.1 Å². The Morgan fingerprint density at radius 3 is 2.07 bits per heavy atom. The number of nitrogens with one attached hydrogen (secondary N) is 1. The van der Waals surface area contributed by atoms with Gasteiger partial charge in [-0.25, -0.2) is 17.5 Å². The van der Waals surface area contributed by atoms with Crippen LogP contribution in [0.25, 0.3) is 16.9 Å². The first-order chi connectivity index (χ1) is 13.5. The average molecular weight is 393 g/mol. The third-order valence-corrected chi connectivity index (χ3v) is 5.52. The summed E-state index contributed by atoms with van der Waals surface area (Å²) in [5.74, 6) is -0.440. The normalized spacial score (nSPS) is 11.3. The van der Waals surface area contributed by atoms with Crippen LogP contribution in [-0.2, 0) is 10.0 Å². The molecule has 0 bridgehead atoms. The fraction of sp³-hybridized carbons (Fsp3) is 0. The Morgan fingerprint density at radius 2 is 1.43 bits per heavy atom. The predicted octanol–water partition coefficient (Wildman–Crippen LogP) is 4.48. The quantitative estimate of drug-likeness (QED) is 0.544. The van der Waals surface area contributed by atoms with E-state index in [1.54, 1.807) is 12.1 Å². The van der Waals surface area contributed by atoms with Crippen LogP contribution >= 0.6 is 0 Å². The third-order valence-electron chi connectivity index (χ3n) is 4.13. The molecule has 3 aromatic carbocycles. The molecule has 5 nitrogen and oxygen atoms in total. The van der Waals surface area contributed by atoms with Crippen molar-refractivity contribution < 1.29 is 12.8 Å². The molecule has 140 valence electrons. The molecule has 1 heterocycles. The zero-order valence-electron chi connectivity index (χ0n) is 14.7. The van der Waals surface area contributed by atoms with Crippen LogP contribution in [-0.4, -0.2) is 18.2 Å². The first kappa shape index (κ1) is 17.9. The molecule has 0 radical (unpaired) electrons. The molecule has 0 spiro atoms. The Hall–Kier alpha value is -3.45. The first-order valence-electron chi connectivity index (χ1n) is 8.52. The number of anilines is 1. The maximum Gasteiger partial charge on any atom is 0.265 e. The highest BCUT2D eigenvalue weighted by molar-refractivity contribution is 7.92. The van der Waals surface area contributed by atoms with Gasteiger partial charge in [-0.1, -0.05) is 48.5 Å². The van der Waals surface area contributed by atoms with Gasteiger partial charge in [0.2, 0.25) is 0 Å². The molecule has 0 unspecified atom stereocenters. The first-order valence-corrected chi connectivity index (χ1v) is 10.0. The standard InChI is InChI=1S/C21H16FN3O2S/c22-17-11-13-18(14-12-17)24-28(26,27)20-15-25(19-9-5-2-6-10-19)23-21(20)16-7-3-1-4-8-16/h1-15,24H. The van der Waals surface area contributed by atoms with Crippen molar-refractivity contribution in [3.8, 4) is 16.9 Å². The SMILES string of the molecule is O=S(=O)(Nc1ccc(F)cc1)c1cn(-c2ccccc2)nc1-c1ccccc1. The lowest BCUT2D eigenvalue weighted by Gasteiger charge is -2.08. The highest BCUT2D eigenvalue weighted by atomic mass is 32.2. The number of halogens is 1. The van der Waals surface area contributed by atoms with Gasteiger partial charge in [-0.3, -0.25) is 4.72 Å². The van der Waals surface area contributed by atoms with Gasteiger partial charge in [0.25, 0.3) is 10.0 Å². The number of hydrogen-bond donors (Lipinski definition) is 1. The molecule has 0 saturated heterocycles. The summed E-state index contributed by atoms with van der Waals surface area (Å²) in [4.78, 5) is 0.0341. The Balaban J connectivity index is 1.82. The molecule has 28 heavy (non-hydrogen) atoms.